The van der Waals surface area contributed by atoms with Gasteiger partial charge in [0, 0.05) is 19.1 Å². The van der Waals surface area contributed by atoms with Crippen LogP contribution in [0.2, 0.25) is 0 Å². The van der Waals surface area contributed by atoms with Gasteiger partial charge in [-0.1, -0.05) is 0 Å². The first kappa shape index (κ1) is 14.9. The maximum atomic E-state index is 12.8. The van der Waals surface area contributed by atoms with E-state index in [1.165, 1.54) is 24.0 Å². The number of likely N-dealkylation sites (tertiary alicyclic amines) is 1. The van der Waals surface area contributed by atoms with Crippen molar-refractivity contribution in [3.8, 4) is 0 Å². The van der Waals surface area contributed by atoms with Gasteiger partial charge in [0.05, 0.1) is 4.90 Å². The molecule has 7 heteroatoms. The zero-order valence-electron chi connectivity index (χ0n) is 11.1. The van der Waals surface area contributed by atoms with Gasteiger partial charge in [0.2, 0.25) is 5.91 Å². The van der Waals surface area contributed by atoms with Crippen LogP contribution in [0.3, 0.4) is 0 Å². The average molecular weight is 300 g/mol. The van der Waals surface area contributed by atoms with E-state index in [0.29, 0.717) is 19.5 Å². The lowest BCUT2D eigenvalue weighted by Gasteiger charge is -2.20. The highest BCUT2D eigenvalue weighted by molar-refractivity contribution is 7.92. The summed E-state index contributed by atoms with van der Waals surface area (Å²) >= 11 is 0. The molecule has 1 aromatic carbocycles. The lowest BCUT2D eigenvalue weighted by molar-refractivity contribution is -0.129. The zero-order chi connectivity index (χ0) is 14.9. The molecule has 0 spiro atoms. The number of rotatable bonds is 3. The van der Waals surface area contributed by atoms with Crippen LogP contribution in [0, 0.1) is 5.82 Å². The Labute approximate surface area is 117 Å². The smallest absolute Gasteiger partial charge is 0.241 e. The first-order valence-corrected chi connectivity index (χ1v) is 7.91. The van der Waals surface area contributed by atoms with Gasteiger partial charge in [-0.3, -0.25) is 4.79 Å². The Bertz CT molecular complexity index is 601. The van der Waals surface area contributed by atoms with E-state index in [-0.39, 0.29) is 10.9 Å². The van der Waals surface area contributed by atoms with E-state index in [1.807, 2.05) is 0 Å². The van der Waals surface area contributed by atoms with Crippen LogP contribution in [-0.2, 0) is 14.6 Å². The molecule has 0 radical (unpaired) electrons. The second kappa shape index (κ2) is 5.49. The molecule has 1 aromatic rings. The van der Waals surface area contributed by atoms with Crippen LogP contribution >= 0.6 is 0 Å². The Kier molecular flexibility index (Phi) is 4.10. The zero-order valence-corrected chi connectivity index (χ0v) is 11.9. The second-order valence-electron chi connectivity index (χ2n) is 4.97. The molecule has 2 atom stereocenters. The summed E-state index contributed by atoms with van der Waals surface area (Å²) in [6.07, 6.45) is 0.676. The fourth-order valence-corrected chi connectivity index (χ4v) is 3.54. The van der Waals surface area contributed by atoms with E-state index < -0.39 is 26.8 Å². The number of carbonyl (C=O) groups is 1. The summed E-state index contributed by atoms with van der Waals surface area (Å²) in [5.74, 6) is -0.976. The molecule has 1 fully saturated rings. The predicted molar refractivity (Wildman–Crippen MR) is 72.2 cm³/mol. The van der Waals surface area contributed by atoms with Crippen LogP contribution in [0.5, 0.6) is 0 Å². The molecule has 1 aliphatic rings. The third kappa shape index (κ3) is 2.83. The standard InChI is InChI=1S/C13H17FN2O3S/c1-9(13(17)16-7-6-11(15)8-16)20(18,19)12-4-2-10(14)3-5-12/h2-5,9,11H,6-8,15H2,1H3/t9-,11-/m1/s1. The van der Waals surface area contributed by atoms with E-state index in [9.17, 15) is 17.6 Å². The fourth-order valence-electron chi connectivity index (χ4n) is 2.21. The van der Waals surface area contributed by atoms with Crippen molar-refractivity contribution in [3.05, 3.63) is 30.1 Å². The molecule has 0 bridgehead atoms. The van der Waals surface area contributed by atoms with Crippen LogP contribution < -0.4 is 5.73 Å². The number of hydrogen-bond donors (Lipinski definition) is 1. The molecule has 2 rings (SSSR count). The Morgan fingerprint density at radius 1 is 1.40 bits per heavy atom. The Morgan fingerprint density at radius 3 is 2.50 bits per heavy atom. The molecule has 1 aliphatic heterocycles. The molecule has 1 saturated heterocycles. The van der Waals surface area contributed by atoms with Crippen LogP contribution in [0.4, 0.5) is 4.39 Å². The summed E-state index contributed by atoms with van der Waals surface area (Å²) in [5, 5.41) is -1.20. The molecule has 0 aromatic heterocycles. The largest absolute Gasteiger partial charge is 0.340 e. The highest BCUT2D eigenvalue weighted by Gasteiger charge is 2.35. The molecule has 1 amide bonds. The highest BCUT2D eigenvalue weighted by atomic mass is 32.2. The number of nitrogens with two attached hydrogens (primary N) is 1. The SMILES string of the molecule is C[C@H](C(=O)N1CC[C@@H](N)C1)S(=O)(=O)c1ccc(F)cc1. The number of hydrogen-bond acceptors (Lipinski definition) is 4. The molecular weight excluding hydrogens is 283 g/mol. The minimum Gasteiger partial charge on any atom is -0.340 e. The summed E-state index contributed by atoms with van der Waals surface area (Å²) in [6.45, 7) is 2.20. The van der Waals surface area contributed by atoms with E-state index in [1.54, 1.807) is 0 Å². The summed E-state index contributed by atoms with van der Waals surface area (Å²) < 4.78 is 37.5. The molecule has 0 saturated carbocycles. The van der Waals surface area contributed by atoms with Gasteiger partial charge in [-0.15, -0.1) is 0 Å². The highest BCUT2D eigenvalue weighted by Crippen LogP contribution is 2.20. The number of amides is 1. The maximum Gasteiger partial charge on any atom is 0.241 e. The number of halogens is 1. The van der Waals surface area contributed by atoms with Gasteiger partial charge < -0.3 is 10.6 Å². The third-order valence-corrected chi connectivity index (χ3v) is 5.55. The Morgan fingerprint density at radius 2 is 2.00 bits per heavy atom. The van der Waals surface area contributed by atoms with Crippen molar-refractivity contribution in [2.75, 3.05) is 13.1 Å². The molecule has 2 N–H and O–H groups in total. The molecule has 0 aliphatic carbocycles. The number of carbonyl (C=O) groups excluding carboxylic acids is 1. The van der Waals surface area contributed by atoms with E-state index in [0.717, 1.165) is 12.1 Å². The van der Waals surface area contributed by atoms with E-state index in [4.69, 9.17) is 5.73 Å². The lowest BCUT2D eigenvalue weighted by atomic mass is 10.3. The number of benzene rings is 1. The van der Waals surface area contributed by atoms with Crippen molar-refractivity contribution >= 4 is 15.7 Å². The normalized spacial score (nSPS) is 20.9. The van der Waals surface area contributed by atoms with Crippen LogP contribution in [0.15, 0.2) is 29.2 Å². The van der Waals surface area contributed by atoms with Crippen molar-refractivity contribution in [2.24, 2.45) is 5.73 Å². The van der Waals surface area contributed by atoms with Crippen molar-refractivity contribution in [1.82, 2.24) is 4.90 Å². The van der Waals surface area contributed by atoms with Gasteiger partial charge >= 0.3 is 0 Å². The predicted octanol–water partition coefficient (Wildman–Crippen LogP) is 0.547. The minimum absolute atomic E-state index is 0.0526. The van der Waals surface area contributed by atoms with Gasteiger partial charge in [0.1, 0.15) is 11.1 Å². The van der Waals surface area contributed by atoms with E-state index in [2.05, 4.69) is 0 Å². The quantitative estimate of drug-likeness (QED) is 0.827. The topological polar surface area (TPSA) is 80.5 Å². The molecule has 110 valence electrons. The van der Waals surface area contributed by atoms with Crippen LogP contribution in [0.25, 0.3) is 0 Å². The van der Waals surface area contributed by atoms with Gasteiger partial charge in [-0.05, 0) is 37.6 Å². The van der Waals surface area contributed by atoms with Gasteiger partial charge in [-0.25, -0.2) is 12.8 Å². The van der Waals surface area contributed by atoms with Gasteiger partial charge in [-0.2, -0.15) is 0 Å². The first-order valence-electron chi connectivity index (χ1n) is 6.36. The monoisotopic (exact) mass is 300 g/mol. The summed E-state index contributed by atoms with van der Waals surface area (Å²) in [6, 6.07) is 4.37. The summed E-state index contributed by atoms with van der Waals surface area (Å²) in [4.78, 5) is 13.6. The van der Waals surface area contributed by atoms with Crippen LogP contribution in [0.1, 0.15) is 13.3 Å². The lowest BCUT2D eigenvalue weighted by Crippen LogP contribution is -2.41. The molecule has 1 heterocycles. The number of sulfone groups is 1. The van der Waals surface area contributed by atoms with Crippen LogP contribution in [-0.4, -0.2) is 43.6 Å². The number of nitrogens with zero attached hydrogens (tertiary/aromatic N) is 1. The van der Waals surface area contributed by atoms with Gasteiger partial charge in [0.25, 0.3) is 0 Å². The van der Waals surface area contributed by atoms with E-state index >= 15 is 0 Å². The van der Waals surface area contributed by atoms with Crippen molar-refractivity contribution in [2.45, 2.75) is 29.5 Å². The Hall–Kier alpha value is -1.47. The molecule has 5 nitrogen and oxygen atoms in total. The van der Waals surface area contributed by atoms with Crippen molar-refractivity contribution in [3.63, 3.8) is 0 Å². The fraction of sp³-hybridized carbons (Fsp3) is 0.462. The second-order valence-corrected chi connectivity index (χ2v) is 7.24. The van der Waals surface area contributed by atoms with Gasteiger partial charge in [0.15, 0.2) is 9.84 Å². The Balaban J connectivity index is 2.20. The summed E-state index contributed by atoms with van der Waals surface area (Å²) in [7, 11) is -3.81. The van der Waals surface area contributed by atoms with Crippen molar-refractivity contribution in [1.29, 1.82) is 0 Å². The van der Waals surface area contributed by atoms with Crippen molar-refractivity contribution < 1.29 is 17.6 Å². The molecule has 20 heavy (non-hydrogen) atoms. The molecular formula is C13H17FN2O3S. The molecule has 0 unspecified atom stereocenters. The maximum absolute atomic E-state index is 12.8. The first-order chi connectivity index (χ1) is 9.32. The average Bonchev–Trinajstić information content (AvgIpc) is 2.84. The third-order valence-electron chi connectivity index (χ3n) is 3.49. The minimum atomic E-state index is -3.81. The summed E-state index contributed by atoms with van der Waals surface area (Å²) in [5.41, 5.74) is 5.71.